The van der Waals surface area contributed by atoms with E-state index in [-0.39, 0.29) is 12.6 Å². The molecule has 0 atom stereocenters. The van der Waals surface area contributed by atoms with Gasteiger partial charge in [-0.3, -0.25) is 0 Å². The van der Waals surface area contributed by atoms with E-state index in [0.29, 0.717) is 11.3 Å². The normalized spacial score (nSPS) is 13.4. The standard InChI is InChI=1S/C15H13BO2/c1-10-3-5-11(6-4-10)12-7-8-14-13(9-12)15(17)16(2)18-14/h3-9H,1-2H3. The number of carbonyl (C=O) groups excluding carboxylic acids is 1. The van der Waals surface area contributed by atoms with Crippen LogP contribution in [-0.2, 0) is 0 Å². The Hall–Kier alpha value is -2.03. The topological polar surface area (TPSA) is 26.3 Å². The van der Waals surface area contributed by atoms with E-state index in [2.05, 4.69) is 31.2 Å². The van der Waals surface area contributed by atoms with Crippen LogP contribution >= 0.6 is 0 Å². The molecule has 2 nitrogen and oxygen atoms in total. The van der Waals surface area contributed by atoms with E-state index in [1.807, 2.05) is 18.2 Å². The molecule has 0 aromatic heterocycles. The Morgan fingerprint density at radius 1 is 1.00 bits per heavy atom. The van der Waals surface area contributed by atoms with E-state index in [4.69, 9.17) is 4.65 Å². The third kappa shape index (κ3) is 1.72. The van der Waals surface area contributed by atoms with Crippen LogP contribution in [0.1, 0.15) is 15.9 Å². The van der Waals surface area contributed by atoms with E-state index in [9.17, 15) is 4.79 Å². The lowest BCUT2D eigenvalue weighted by Crippen LogP contribution is -2.21. The molecule has 0 N–H and O–H groups in total. The first-order valence-electron chi connectivity index (χ1n) is 6.07. The maximum absolute atomic E-state index is 11.9. The van der Waals surface area contributed by atoms with Crippen molar-refractivity contribution in [3.63, 3.8) is 0 Å². The van der Waals surface area contributed by atoms with Gasteiger partial charge in [-0.2, -0.15) is 0 Å². The van der Waals surface area contributed by atoms with Crippen LogP contribution in [0.4, 0.5) is 0 Å². The molecule has 0 aliphatic carbocycles. The van der Waals surface area contributed by atoms with Crippen LogP contribution < -0.4 is 4.65 Å². The van der Waals surface area contributed by atoms with Gasteiger partial charge >= 0.3 is 6.92 Å². The summed E-state index contributed by atoms with van der Waals surface area (Å²) in [6.07, 6.45) is 0. The molecule has 3 heteroatoms. The van der Waals surface area contributed by atoms with E-state index in [1.165, 1.54) is 5.56 Å². The van der Waals surface area contributed by atoms with Gasteiger partial charge in [-0.25, -0.2) is 0 Å². The van der Waals surface area contributed by atoms with Crippen LogP contribution in [0.25, 0.3) is 11.1 Å². The van der Waals surface area contributed by atoms with Gasteiger partial charge in [0.25, 0.3) is 0 Å². The van der Waals surface area contributed by atoms with Crippen LogP contribution in [0.5, 0.6) is 5.75 Å². The minimum atomic E-state index is -0.353. The number of carbonyl (C=O) groups is 1. The van der Waals surface area contributed by atoms with E-state index < -0.39 is 0 Å². The first kappa shape index (κ1) is 11.1. The summed E-state index contributed by atoms with van der Waals surface area (Å²) in [6.45, 7) is 3.49. The molecule has 0 spiro atoms. The summed E-state index contributed by atoms with van der Waals surface area (Å²) in [5.41, 5.74) is 4.17. The molecule has 1 aliphatic heterocycles. The SMILES string of the molecule is CB1Oc2ccc(-c3ccc(C)cc3)cc2C1=O. The fourth-order valence-corrected chi connectivity index (χ4v) is 2.21. The molecule has 0 bridgehead atoms. The molecular formula is C15H13BO2. The molecule has 0 saturated carbocycles. The minimum Gasteiger partial charge on any atom is -0.553 e. The van der Waals surface area contributed by atoms with Crippen LogP contribution in [0.3, 0.4) is 0 Å². The van der Waals surface area contributed by atoms with Gasteiger partial charge in [0.15, 0.2) is 5.68 Å². The zero-order valence-corrected chi connectivity index (χ0v) is 10.4. The molecule has 88 valence electrons. The molecule has 18 heavy (non-hydrogen) atoms. The number of hydrogen-bond acceptors (Lipinski definition) is 2. The lowest BCUT2D eigenvalue weighted by atomic mass is 9.66. The van der Waals surface area contributed by atoms with Gasteiger partial charge in [0.2, 0.25) is 0 Å². The zero-order chi connectivity index (χ0) is 12.7. The number of aryl methyl sites for hydroxylation is 1. The smallest absolute Gasteiger partial charge is 0.433 e. The van der Waals surface area contributed by atoms with Gasteiger partial charge in [-0.15, -0.1) is 0 Å². The van der Waals surface area contributed by atoms with Crippen molar-refractivity contribution >= 4 is 12.6 Å². The molecule has 0 fully saturated rings. The number of hydrogen-bond donors (Lipinski definition) is 0. The van der Waals surface area contributed by atoms with Crippen LogP contribution in [-0.4, -0.2) is 12.6 Å². The summed E-state index contributed by atoms with van der Waals surface area (Å²) in [5.74, 6) is 0.698. The number of rotatable bonds is 1. The molecule has 0 amide bonds. The lowest BCUT2D eigenvalue weighted by Gasteiger charge is -2.05. The van der Waals surface area contributed by atoms with Crippen molar-refractivity contribution in [3.05, 3.63) is 53.6 Å². The second-order valence-corrected chi connectivity index (χ2v) is 4.70. The Morgan fingerprint density at radius 2 is 1.67 bits per heavy atom. The lowest BCUT2D eigenvalue weighted by molar-refractivity contribution is 0.107. The first-order chi connectivity index (χ1) is 8.65. The average molecular weight is 236 g/mol. The summed E-state index contributed by atoms with van der Waals surface area (Å²) >= 11 is 0. The van der Waals surface area contributed by atoms with Gasteiger partial charge in [-0.05, 0) is 37.0 Å². The second-order valence-electron chi connectivity index (χ2n) is 4.70. The highest BCUT2D eigenvalue weighted by Crippen LogP contribution is 2.31. The summed E-state index contributed by atoms with van der Waals surface area (Å²) in [6, 6.07) is 14.1. The fraction of sp³-hybridized carbons (Fsp3) is 0.133. The molecule has 2 aromatic rings. The van der Waals surface area contributed by atoms with Crippen LogP contribution in [0.15, 0.2) is 42.5 Å². The van der Waals surface area contributed by atoms with Crippen LogP contribution in [0.2, 0.25) is 6.82 Å². The van der Waals surface area contributed by atoms with E-state index in [0.717, 1.165) is 11.1 Å². The molecule has 0 unspecified atom stereocenters. The molecule has 2 aromatic carbocycles. The van der Waals surface area contributed by atoms with E-state index in [1.54, 1.807) is 6.82 Å². The molecular weight excluding hydrogens is 223 g/mol. The molecule has 0 radical (unpaired) electrons. The third-order valence-corrected chi connectivity index (χ3v) is 3.30. The van der Waals surface area contributed by atoms with Gasteiger partial charge in [0.1, 0.15) is 5.75 Å². The summed E-state index contributed by atoms with van der Waals surface area (Å²) in [7, 11) is 0. The highest BCUT2D eigenvalue weighted by Gasteiger charge is 2.33. The number of benzene rings is 2. The van der Waals surface area contributed by atoms with Gasteiger partial charge in [0, 0.05) is 0 Å². The largest absolute Gasteiger partial charge is 0.553 e. The van der Waals surface area contributed by atoms with Crippen molar-refractivity contribution in [2.45, 2.75) is 13.7 Å². The fourth-order valence-electron chi connectivity index (χ4n) is 2.21. The predicted molar refractivity (Wildman–Crippen MR) is 73.2 cm³/mol. The quantitative estimate of drug-likeness (QED) is 0.709. The predicted octanol–water partition coefficient (Wildman–Crippen LogP) is 3.40. The maximum Gasteiger partial charge on any atom is 0.433 e. The number of fused-ring (bicyclic) bond motifs is 1. The van der Waals surface area contributed by atoms with Crippen molar-refractivity contribution in [1.82, 2.24) is 0 Å². The first-order valence-corrected chi connectivity index (χ1v) is 6.07. The highest BCUT2D eigenvalue weighted by atomic mass is 16.4. The third-order valence-electron chi connectivity index (χ3n) is 3.30. The highest BCUT2D eigenvalue weighted by molar-refractivity contribution is 6.89. The summed E-state index contributed by atoms with van der Waals surface area (Å²) in [5, 5.41) is 0. The Balaban J connectivity index is 2.06. The maximum atomic E-state index is 11.9. The summed E-state index contributed by atoms with van der Waals surface area (Å²) in [4.78, 5) is 11.9. The van der Waals surface area contributed by atoms with E-state index >= 15 is 0 Å². The summed E-state index contributed by atoms with van der Waals surface area (Å²) < 4.78 is 5.48. The van der Waals surface area contributed by atoms with Gasteiger partial charge < -0.3 is 9.45 Å². The monoisotopic (exact) mass is 236 g/mol. The van der Waals surface area contributed by atoms with Crippen molar-refractivity contribution in [2.24, 2.45) is 0 Å². The van der Waals surface area contributed by atoms with Crippen molar-refractivity contribution < 1.29 is 9.45 Å². The Bertz CT molecular complexity index is 617. The molecule has 1 aliphatic rings. The van der Waals surface area contributed by atoms with Gasteiger partial charge in [0.05, 0.1) is 5.56 Å². The molecule has 1 heterocycles. The molecule has 0 saturated heterocycles. The minimum absolute atomic E-state index is 0.0685. The van der Waals surface area contributed by atoms with Crippen molar-refractivity contribution in [2.75, 3.05) is 0 Å². The zero-order valence-electron chi connectivity index (χ0n) is 10.4. The Morgan fingerprint density at radius 3 is 2.39 bits per heavy atom. The van der Waals surface area contributed by atoms with Gasteiger partial charge in [-0.1, -0.05) is 35.9 Å². The molecule has 3 rings (SSSR count). The van der Waals surface area contributed by atoms with Crippen molar-refractivity contribution in [3.8, 4) is 16.9 Å². The second kappa shape index (κ2) is 4.02. The Kier molecular flexibility index (Phi) is 2.48. The van der Waals surface area contributed by atoms with Crippen molar-refractivity contribution in [1.29, 1.82) is 0 Å². The Labute approximate surface area is 107 Å². The average Bonchev–Trinajstić information content (AvgIpc) is 2.66. The van der Waals surface area contributed by atoms with Crippen LogP contribution in [0, 0.1) is 6.92 Å².